The fourth-order valence-electron chi connectivity index (χ4n) is 6.42. The molecule has 4 heterocycles. The summed E-state index contributed by atoms with van der Waals surface area (Å²) in [5.41, 5.74) is 3.62. The molecule has 0 saturated carbocycles. The van der Waals surface area contributed by atoms with Crippen molar-refractivity contribution in [2.75, 3.05) is 0 Å². The normalized spacial score (nSPS) is 27.6. The number of aliphatic hydroxyl groups is 2. The van der Waals surface area contributed by atoms with Gasteiger partial charge in [0.2, 0.25) is 12.1 Å². The molecule has 6 rings (SSSR count). The lowest BCUT2D eigenvalue weighted by atomic mass is 9.88. The van der Waals surface area contributed by atoms with Crippen LogP contribution in [0.3, 0.4) is 0 Å². The summed E-state index contributed by atoms with van der Waals surface area (Å²) in [7, 11) is 0. The summed E-state index contributed by atoms with van der Waals surface area (Å²) in [4.78, 5) is 25.3. The molecule has 0 radical (unpaired) electrons. The molecule has 2 amide bonds. The van der Waals surface area contributed by atoms with Crippen molar-refractivity contribution in [3.05, 3.63) is 121 Å². The number of azo groups is 2. The van der Waals surface area contributed by atoms with Gasteiger partial charge in [-0.1, -0.05) is 50.2 Å². The Balaban J connectivity index is 1.03. The minimum Gasteiger partial charge on any atom is -0.371 e. The van der Waals surface area contributed by atoms with Crippen LogP contribution in [-0.4, -0.2) is 46.6 Å². The minimum atomic E-state index is -1.11. The van der Waals surface area contributed by atoms with Crippen LogP contribution in [0.1, 0.15) is 37.1 Å². The number of hydrogen-bond acceptors (Lipinski definition) is 8. The van der Waals surface area contributed by atoms with Crippen molar-refractivity contribution >= 4 is 23.2 Å². The fraction of sp³-hybridized carbons (Fsp3) is 0.333. The summed E-state index contributed by atoms with van der Waals surface area (Å²) < 4.78 is 3.65. The van der Waals surface area contributed by atoms with E-state index >= 15 is 0 Å². The number of amides is 2. The minimum absolute atomic E-state index is 0.247. The van der Waals surface area contributed by atoms with E-state index in [1.807, 2.05) is 133 Å². The van der Waals surface area contributed by atoms with E-state index in [0.29, 0.717) is 11.4 Å². The molecule has 12 nitrogen and oxygen atoms in total. The van der Waals surface area contributed by atoms with Crippen LogP contribution in [0.25, 0.3) is 0 Å². The largest absolute Gasteiger partial charge is 0.371 e. The second kappa shape index (κ2) is 14.7. The smallest absolute Gasteiger partial charge is 0.291 e. The van der Waals surface area contributed by atoms with Crippen LogP contribution in [0.15, 0.2) is 130 Å². The van der Waals surface area contributed by atoms with Crippen molar-refractivity contribution in [1.82, 2.24) is 10.6 Å². The van der Waals surface area contributed by atoms with Gasteiger partial charge in [-0.05, 0) is 48.2 Å². The van der Waals surface area contributed by atoms with E-state index in [0.717, 1.165) is 24.0 Å². The van der Waals surface area contributed by atoms with Gasteiger partial charge in [-0.3, -0.25) is 9.59 Å². The third-order valence-electron chi connectivity index (χ3n) is 9.15. The molecule has 48 heavy (non-hydrogen) atoms. The third kappa shape index (κ3) is 7.35. The van der Waals surface area contributed by atoms with Gasteiger partial charge in [0.15, 0.2) is 37.2 Å². The number of benzene rings is 2. The number of piperidine rings is 2. The molecule has 8 unspecified atom stereocenters. The highest BCUT2D eigenvalue weighted by molar-refractivity contribution is 5.80. The molecule has 2 aliphatic heterocycles. The predicted octanol–water partition coefficient (Wildman–Crippen LogP) is 3.60. The molecule has 4 N–H and O–H groups in total. The Bertz CT molecular complexity index is 1620. The number of aliphatic hydroxyl groups excluding tert-OH is 2. The Morgan fingerprint density at radius 2 is 0.938 bits per heavy atom. The number of carbonyl (C=O) groups excluding carboxylic acids is 2. The van der Waals surface area contributed by atoms with Crippen molar-refractivity contribution in [2.24, 2.45) is 32.3 Å². The molecular weight excluding hydrogens is 608 g/mol. The third-order valence-corrected chi connectivity index (χ3v) is 9.15. The first-order chi connectivity index (χ1) is 23.3. The molecule has 0 aliphatic carbocycles. The van der Waals surface area contributed by atoms with Crippen molar-refractivity contribution in [1.29, 1.82) is 0 Å². The molecule has 2 fully saturated rings. The Kier molecular flexibility index (Phi) is 10.0. The Hall–Kier alpha value is -5.20. The van der Waals surface area contributed by atoms with Crippen LogP contribution < -0.4 is 19.8 Å². The zero-order valence-corrected chi connectivity index (χ0v) is 26.8. The zero-order chi connectivity index (χ0) is 33.6. The van der Waals surface area contributed by atoms with E-state index in [4.69, 9.17) is 0 Å². The Labute approximate surface area is 278 Å². The van der Waals surface area contributed by atoms with Crippen LogP contribution in [0.2, 0.25) is 0 Å². The average Bonchev–Trinajstić information content (AvgIpc) is 3.09. The van der Waals surface area contributed by atoms with E-state index in [9.17, 15) is 19.8 Å². The first-order valence-corrected chi connectivity index (χ1v) is 16.2. The second-order valence-corrected chi connectivity index (χ2v) is 12.4. The van der Waals surface area contributed by atoms with Crippen molar-refractivity contribution in [3.63, 3.8) is 0 Å². The summed E-state index contributed by atoms with van der Waals surface area (Å²) in [6.45, 7) is 3.80. The Morgan fingerprint density at radius 1 is 0.583 bits per heavy atom. The van der Waals surface area contributed by atoms with E-state index in [1.165, 1.54) is 0 Å². The molecule has 2 aliphatic rings. The highest BCUT2D eigenvalue weighted by Gasteiger charge is 2.48. The maximum Gasteiger partial charge on any atom is 0.291 e. The number of pyridine rings is 2. The molecule has 8 atom stereocenters. The molecule has 12 heteroatoms. The lowest BCUT2D eigenvalue weighted by Crippen LogP contribution is -2.62. The maximum absolute atomic E-state index is 12.6. The summed E-state index contributed by atoms with van der Waals surface area (Å²) in [5, 5.41) is 43.9. The van der Waals surface area contributed by atoms with Gasteiger partial charge in [0.1, 0.15) is 12.1 Å². The first kappa shape index (κ1) is 32.7. The van der Waals surface area contributed by atoms with Gasteiger partial charge < -0.3 is 20.8 Å². The summed E-state index contributed by atoms with van der Waals surface area (Å²) in [6.07, 6.45) is 6.75. The van der Waals surface area contributed by atoms with Crippen molar-refractivity contribution in [2.45, 2.75) is 63.3 Å². The monoisotopic (exact) mass is 648 g/mol. The van der Waals surface area contributed by atoms with Crippen molar-refractivity contribution < 1.29 is 28.9 Å². The SMILES string of the molecule is CC1C(N=Nc2ccc(CCc3ccc(N=NC4C(O)NC(=O)C([n+]5ccccc5)C4C)cc3)cc2)C(O)NC(=O)C1[n+]1ccccc1. The van der Waals surface area contributed by atoms with Gasteiger partial charge in [0.05, 0.1) is 23.2 Å². The highest BCUT2D eigenvalue weighted by Crippen LogP contribution is 2.29. The molecule has 0 spiro atoms. The molecule has 246 valence electrons. The van der Waals surface area contributed by atoms with Crippen LogP contribution in [0, 0.1) is 11.8 Å². The van der Waals surface area contributed by atoms with Crippen LogP contribution >= 0.6 is 0 Å². The Morgan fingerprint density at radius 3 is 1.29 bits per heavy atom. The fourth-order valence-corrected chi connectivity index (χ4v) is 6.42. The number of hydrogen-bond donors (Lipinski definition) is 4. The number of carbonyl (C=O) groups is 2. The van der Waals surface area contributed by atoms with E-state index in [-0.39, 0.29) is 23.7 Å². The number of nitrogens with zero attached hydrogens (tertiary/aromatic N) is 6. The molecular formula is C36H40N8O4+2. The van der Waals surface area contributed by atoms with Gasteiger partial charge in [-0.15, -0.1) is 0 Å². The van der Waals surface area contributed by atoms with Crippen molar-refractivity contribution in [3.8, 4) is 0 Å². The lowest BCUT2D eigenvalue weighted by Gasteiger charge is -2.32. The molecule has 2 aromatic heterocycles. The summed E-state index contributed by atoms with van der Waals surface area (Å²) in [6, 6.07) is 24.7. The predicted molar refractivity (Wildman–Crippen MR) is 175 cm³/mol. The van der Waals surface area contributed by atoms with Gasteiger partial charge >= 0.3 is 0 Å². The van der Waals surface area contributed by atoms with Gasteiger partial charge in [-0.25, -0.2) is 0 Å². The molecule has 4 aromatic rings. The second-order valence-electron chi connectivity index (χ2n) is 12.4. The zero-order valence-electron chi connectivity index (χ0n) is 26.8. The number of nitrogens with one attached hydrogen (secondary N) is 2. The number of aryl methyl sites for hydroxylation is 2. The van der Waals surface area contributed by atoms with E-state index in [1.54, 1.807) is 0 Å². The number of aromatic nitrogens is 2. The standard InChI is InChI=1S/C36H38N8O4/c1-23-29(33(45)37-35(47)31(23)43-19-5-3-6-20-43)41-39-27-15-11-25(12-16-27)9-10-26-13-17-28(18-14-26)40-42-30-24(2)32(36(48)38-34(30)46)44-21-7-4-8-22-44/h3-8,11-24,29-34,45-46H,9-10H2,1-2H3/p+2. The summed E-state index contributed by atoms with van der Waals surface area (Å²) >= 11 is 0. The van der Waals surface area contributed by atoms with Crippen LogP contribution in [0.4, 0.5) is 11.4 Å². The number of rotatable bonds is 9. The molecule has 0 bridgehead atoms. The van der Waals surface area contributed by atoms with E-state index < -0.39 is 36.6 Å². The van der Waals surface area contributed by atoms with Crippen LogP contribution in [0.5, 0.6) is 0 Å². The molecule has 2 saturated heterocycles. The lowest BCUT2D eigenvalue weighted by molar-refractivity contribution is -0.717. The molecule has 2 aromatic carbocycles. The highest BCUT2D eigenvalue weighted by atomic mass is 16.3. The summed E-state index contributed by atoms with van der Waals surface area (Å²) in [5.74, 6) is -1.04. The van der Waals surface area contributed by atoms with Gasteiger partial charge in [0.25, 0.3) is 11.8 Å². The van der Waals surface area contributed by atoms with Crippen LogP contribution in [-0.2, 0) is 22.4 Å². The van der Waals surface area contributed by atoms with Gasteiger partial charge in [0, 0.05) is 24.3 Å². The quantitative estimate of drug-likeness (QED) is 0.162. The first-order valence-electron chi connectivity index (χ1n) is 16.2. The maximum atomic E-state index is 12.6. The topological polar surface area (TPSA) is 156 Å². The van der Waals surface area contributed by atoms with Gasteiger partial charge in [-0.2, -0.15) is 29.6 Å². The average molecular weight is 649 g/mol. The van der Waals surface area contributed by atoms with E-state index in [2.05, 4.69) is 31.1 Å².